The Morgan fingerprint density at radius 3 is 2.06 bits per heavy atom. The fraction of sp³-hybridized carbons (Fsp3) is 0.455. The highest BCUT2D eigenvalue weighted by Crippen LogP contribution is 2.37. The van der Waals surface area contributed by atoms with Gasteiger partial charge in [0.05, 0.1) is 0 Å². The average molecular weight is 523 g/mol. The van der Waals surface area contributed by atoms with E-state index in [2.05, 4.69) is 10.2 Å². The van der Waals surface area contributed by atoms with Gasteiger partial charge < -0.3 is 29.5 Å². The zero-order valence-corrected chi connectivity index (χ0v) is 20.8. The van der Waals surface area contributed by atoms with E-state index in [1.54, 1.807) is 12.1 Å². The van der Waals surface area contributed by atoms with Gasteiger partial charge in [-0.2, -0.15) is 0 Å². The number of carbonyl (C=O) groups is 4. The predicted molar refractivity (Wildman–Crippen MR) is 123 cm³/mol. The summed E-state index contributed by atoms with van der Waals surface area (Å²) in [6.45, 7) is 4.33. The zero-order chi connectivity index (χ0) is 26.4. The third kappa shape index (κ3) is 6.73. The van der Waals surface area contributed by atoms with Crippen molar-refractivity contribution in [3.05, 3.63) is 30.3 Å². The molecule has 36 heavy (non-hydrogen) atoms. The van der Waals surface area contributed by atoms with Crippen LogP contribution in [0.5, 0.6) is 0 Å². The molecule has 14 heteroatoms. The lowest BCUT2D eigenvalue weighted by atomic mass is 9.99. The Kier molecular flexibility index (Phi) is 8.88. The molecular weight excluding hydrogens is 496 g/mol. The lowest BCUT2D eigenvalue weighted by Crippen LogP contribution is -2.61. The summed E-state index contributed by atoms with van der Waals surface area (Å²) in [5, 5.41) is 8.41. The van der Waals surface area contributed by atoms with E-state index in [4.69, 9.17) is 29.5 Å². The molecule has 0 spiro atoms. The number of aromatic nitrogens is 3. The average Bonchev–Trinajstić information content (AvgIpc) is 3.16. The first-order valence-electron chi connectivity index (χ1n) is 10.8. The van der Waals surface area contributed by atoms with Gasteiger partial charge >= 0.3 is 23.9 Å². The molecule has 0 amide bonds. The van der Waals surface area contributed by atoms with Crippen LogP contribution in [0.15, 0.2) is 35.5 Å². The van der Waals surface area contributed by atoms with Crippen molar-refractivity contribution < 1.29 is 42.9 Å². The second kappa shape index (κ2) is 11.9. The van der Waals surface area contributed by atoms with E-state index >= 15 is 0 Å². The van der Waals surface area contributed by atoms with Gasteiger partial charge in [-0.3, -0.25) is 19.2 Å². The van der Waals surface area contributed by atoms with Crippen LogP contribution in [-0.2, 0) is 42.9 Å². The third-order valence-electron chi connectivity index (χ3n) is 4.87. The largest absolute Gasteiger partial charge is 0.463 e. The highest BCUT2D eigenvalue weighted by molar-refractivity contribution is 7.99. The van der Waals surface area contributed by atoms with Gasteiger partial charge in [-0.25, -0.2) is 4.68 Å². The van der Waals surface area contributed by atoms with Gasteiger partial charge in [0.2, 0.25) is 5.16 Å². The number of nitrogen functional groups attached to an aromatic ring is 1. The number of nitrogens with zero attached hydrogens (tertiary/aromatic N) is 3. The van der Waals surface area contributed by atoms with Crippen LogP contribution in [0.1, 0.15) is 27.7 Å². The van der Waals surface area contributed by atoms with Crippen molar-refractivity contribution in [1.82, 2.24) is 14.9 Å². The first-order chi connectivity index (χ1) is 17.1. The molecule has 0 bridgehead atoms. The molecular formula is C22H26N4O9S. The number of carbonyl (C=O) groups excluding carboxylic acids is 4. The molecule has 0 aliphatic carbocycles. The standard InChI is InChI=1S/C22H26N4O9S/c1-11(27)31-10-16-17(32-12(2)28)18(33-13(3)29)19(34-14(4)30)21(35-16)36-22-25-24-20(26(22)23)15-8-6-5-7-9-15/h5-9,16-19,21H,10,23H2,1-4H3/t16-,17+,18-,19+,21-/m1/s1. The van der Waals surface area contributed by atoms with Gasteiger partial charge in [0.15, 0.2) is 29.6 Å². The molecule has 1 saturated heterocycles. The van der Waals surface area contributed by atoms with E-state index in [1.165, 1.54) is 11.6 Å². The third-order valence-corrected chi connectivity index (χ3v) is 5.97. The smallest absolute Gasteiger partial charge is 0.303 e. The van der Waals surface area contributed by atoms with Crippen molar-refractivity contribution in [2.24, 2.45) is 0 Å². The molecule has 1 aromatic heterocycles. The summed E-state index contributed by atoms with van der Waals surface area (Å²) in [6.07, 6.45) is -4.85. The Labute approximate surface area is 210 Å². The maximum atomic E-state index is 12.0. The molecule has 0 saturated carbocycles. The highest BCUT2D eigenvalue weighted by Gasteiger charge is 2.52. The normalized spacial score (nSPS) is 23.4. The van der Waals surface area contributed by atoms with Crippen molar-refractivity contribution in [3.63, 3.8) is 0 Å². The monoisotopic (exact) mass is 522 g/mol. The summed E-state index contributed by atoms with van der Waals surface area (Å²) in [7, 11) is 0. The Balaban J connectivity index is 1.99. The van der Waals surface area contributed by atoms with E-state index in [9.17, 15) is 19.2 Å². The number of hydrogen-bond donors (Lipinski definition) is 1. The molecule has 1 aliphatic rings. The summed E-state index contributed by atoms with van der Waals surface area (Å²) < 4.78 is 28.6. The lowest BCUT2D eigenvalue weighted by Gasteiger charge is -2.43. The number of nitrogens with two attached hydrogens (primary N) is 1. The Morgan fingerprint density at radius 2 is 1.47 bits per heavy atom. The quantitative estimate of drug-likeness (QED) is 0.294. The van der Waals surface area contributed by atoms with E-state index in [-0.39, 0.29) is 11.8 Å². The molecule has 5 atom stereocenters. The van der Waals surface area contributed by atoms with Crippen molar-refractivity contribution in [1.29, 1.82) is 0 Å². The van der Waals surface area contributed by atoms with Gasteiger partial charge in [-0.05, 0) is 11.8 Å². The van der Waals surface area contributed by atoms with Gasteiger partial charge in [0, 0.05) is 33.3 Å². The van der Waals surface area contributed by atoms with E-state index < -0.39 is 53.7 Å². The topological polar surface area (TPSA) is 171 Å². The number of ether oxygens (including phenoxy) is 5. The summed E-state index contributed by atoms with van der Waals surface area (Å²) >= 11 is 0.939. The molecule has 0 unspecified atom stereocenters. The number of rotatable bonds is 8. The van der Waals surface area contributed by atoms with Crippen LogP contribution >= 0.6 is 11.8 Å². The predicted octanol–water partition coefficient (Wildman–Crippen LogP) is 0.834. The van der Waals surface area contributed by atoms with Crippen LogP contribution in [0.4, 0.5) is 0 Å². The summed E-state index contributed by atoms with van der Waals surface area (Å²) in [4.78, 5) is 47.2. The van der Waals surface area contributed by atoms with E-state index in [1.807, 2.05) is 18.2 Å². The van der Waals surface area contributed by atoms with Crippen molar-refractivity contribution >= 4 is 35.6 Å². The molecule has 0 radical (unpaired) electrons. The molecule has 2 N–H and O–H groups in total. The minimum atomic E-state index is -1.29. The first-order valence-corrected chi connectivity index (χ1v) is 11.7. The fourth-order valence-corrected chi connectivity index (χ4v) is 4.57. The van der Waals surface area contributed by atoms with Gasteiger partial charge in [-0.1, -0.05) is 30.3 Å². The Bertz CT molecular complexity index is 1110. The van der Waals surface area contributed by atoms with Crippen LogP contribution in [0, 0.1) is 0 Å². The van der Waals surface area contributed by atoms with Gasteiger partial charge in [0.25, 0.3) is 0 Å². The second-order valence-corrected chi connectivity index (χ2v) is 8.79. The fourth-order valence-electron chi connectivity index (χ4n) is 3.53. The van der Waals surface area contributed by atoms with E-state index in [0.717, 1.165) is 32.5 Å². The van der Waals surface area contributed by atoms with Crippen molar-refractivity contribution in [2.75, 3.05) is 12.4 Å². The first kappa shape index (κ1) is 26.9. The molecule has 13 nitrogen and oxygen atoms in total. The molecule has 2 heterocycles. The van der Waals surface area contributed by atoms with Gasteiger partial charge in [0.1, 0.15) is 12.7 Å². The van der Waals surface area contributed by atoms with Crippen LogP contribution in [0.25, 0.3) is 11.4 Å². The molecule has 1 fully saturated rings. The van der Waals surface area contributed by atoms with E-state index in [0.29, 0.717) is 11.4 Å². The minimum absolute atomic E-state index is 0.190. The molecule has 2 aromatic rings. The molecule has 1 aromatic carbocycles. The number of hydrogen-bond acceptors (Lipinski definition) is 13. The number of thioether (sulfide) groups is 1. The summed E-state index contributed by atoms with van der Waals surface area (Å²) in [5.74, 6) is 3.84. The minimum Gasteiger partial charge on any atom is -0.463 e. The van der Waals surface area contributed by atoms with Crippen molar-refractivity contribution in [2.45, 2.75) is 62.7 Å². The summed E-state index contributed by atoms with van der Waals surface area (Å²) in [5.41, 5.74) is -0.360. The van der Waals surface area contributed by atoms with Crippen LogP contribution in [0.2, 0.25) is 0 Å². The number of benzene rings is 1. The zero-order valence-electron chi connectivity index (χ0n) is 20.0. The maximum absolute atomic E-state index is 12.0. The SMILES string of the molecule is CC(=O)OC[C@H]1O[C@H](Sc2nnc(-c3ccccc3)n2N)[C@@H](OC(C)=O)[C@H](OC(C)=O)[C@H]1OC(C)=O. The molecule has 1 aliphatic heterocycles. The summed E-state index contributed by atoms with van der Waals surface area (Å²) in [6, 6.07) is 9.08. The second-order valence-electron chi connectivity index (χ2n) is 7.73. The molecule has 194 valence electrons. The molecule has 3 rings (SSSR count). The Hall–Kier alpha value is -3.65. The number of esters is 4. The van der Waals surface area contributed by atoms with Crippen LogP contribution in [-0.4, -0.2) is 75.2 Å². The van der Waals surface area contributed by atoms with Crippen molar-refractivity contribution in [3.8, 4) is 11.4 Å². The maximum Gasteiger partial charge on any atom is 0.303 e. The van der Waals surface area contributed by atoms with Gasteiger partial charge in [-0.15, -0.1) is 10.2 Å². The van der Waals surface area contributed by atoms with Crippen LogP contribution < -0.4 is 5.84 Å². The lowest BCUT2D eigenvalue weighted by molar-refractivity contribution is -0.237. The Morgan fingerprint density at radius 1 is 0.889 bits per heavy atom. The highest BCUT2D eigenvalue weighted by atomic mass is 32.2. The van der Waals surface area contributed by atoms with Crippen LogP contribution in [0.3, 0.4) is 0 Å².